The fraction of sp³-hybridized carbons (Fsp3) is 0.391. The van der Waals surface area contributed by atoms with Crippen molar-refractivity contribution in [1.29, 1.82) is 0 Å². The van der Waals surface area contributed by atoms with Gasteiger partial charge in [-0.15, -0.1) is 0 Å². The first kappa shape index (κ1) is 22.0. The van der Waals surface area contributed by atoms with Gasteiger partial charge in [0, 0.05) is 32.4 Å². The highest BCUT2D eigenvalue weighted by Crippen LogP contribution is 2.32. The number of nitrogens with zero attached hydrogens (tertiary/aromatic N) is 4. The van der Waals surface area contributed by atoms with E-state index in [9.17, 15) is 17.6 Å². The lowest BCUT2D eigenvalue weighted by molar-refractivity contribution is 0.0304. The average Bonchev–Trinajstić information content (AvgIpc) is 3.28. The molecule has 174 valence electrons. The number of benzene rings is 1. The quantitative estimate of drug-likeness (QED) is 0.583. The molecule has 4 heterocycles. The lowest BCUT2D eigenvalue weighted by Gasteiger charge is -2.31. The molecule has 0 bridgehead atoms. The lowest BCUT2D eigenvalue weighted by atomic mass is 9.90. The van der Waals surface area contributed by atoms with E-state index in [0.29, 0.717) is 57.8 Å². The lowest BCUT2D eigenvalue weighted by Crippen LogP contribution is -2.40. The molecule has 5 rings (SSSR count). The number of carbonyl (C=O) groups excluding carboxylic acids is 1. The fourth-order valence-corrected chi connectivity index (χ4v) is 6.01. The van der Waals surface area contributed by atoms with Crippen LogP contribution in [0.4, 0.5) is 4.39 Å². The van der Waals surface area contributed by atoms with Gasteiger partial charge in [0.15, 0.2) is 0 Å². The number of carbonyl (C=O) groups is 1. The number of amides is 1. The van der Waals surface area contributed by atoms with Crippen molar-refractivity contribution in [2.45, 2.75) is 23.7 Å². The summed E-state index contributed by atoms with van der Waals surface area (Å²) in [7, 11) is -3.65. The second-order valence-electron chi connectivity index (χ2n) is 8.38. The van der Waals surface area contributed by atoms with Crippen LogP contribution in [0.15, 0.2) is 53.7 Å². The monoisotopic (exact) mass is 472 g/mol. The van der Waals surface area contributed by atoms with Crippen LogP contribution < -0.4 is 0 Å². The summed E-state index contributed by atoms with van der Waals surface area (Å²) in [6.07, 6.45) is 4.78. The van der Waals surface area contributed by atoms with Gasteiger partial charge in [0.25, 0.3) is 5.91 Å². The minimum absolute atomic E-state index is 0.0503. The predicted octanol–water partition coefficient (Wildman–Crippen LogP) is 2.51. The van der Waals surface area contributed by atoms with Crippen molar-refractivity contribution in [3.8, 4) is 0 Å². The summed E-state index contributed by atoms with van der Waals surface area (Å²) < 4.78 is 47.5. The maximum Gasteiger partial charge on any atom is 0.257 e. The van der Waals surface area contributed by atoms with Gasteiger partial charge in [0.2, 0.25) is 10.0 Å². The van der Waals surface area contributed by atoms with Crippen LogP contribution in [0.5, 0.6) is 0 Å². The summed E-state index contributed by atoms with van der Waals surface area (Å²) in [5.41, 5.74) is 2.39. The number of pyridine rings is 1. The van der Waals surface area contributed by atoms with Crippen molar-refractivity contribution in [3.63, 3.8) is 0 Å². The molecule has 0 saturated carbocycles. The number of rotatable bonds is 4. The highest BCUT2D eigenvalue weighted by Gasteiger charge is 2.30. The molecule has 0 atom stereocenters. The molecule has 3 aromatic rings. The second kappa shape index (κ2) is 8.85. The normalized spacial score (nSPS) is 18.6. The molecule has 2 saturated heterocycles. The maximum absolute atomic E-state index is 13.2. The van der Waals surface area contributed by atoms with Crippen LogP contribution in [-0.2, 0) is 14.8 Å². The maximum atomic E-state index is 13.2. The van der Waals surface area contributed by atoms with Gasteiger partial charge in [-0.05, 0) is 60.7 Å². The summed E-state index contributed by atoms with van der Waals surface area (Å²) >= 11 is 0. The van der Waals surface area contributed by atoms with E-state index in [-0.39, 0.29) is 16.7 Å². The minimum Gasteiger partial charge on any atom is -0.378 e. The molecule has 2 aliphatic rings. The van der Waals surface area contributed by atoms with E-state index in [1.54, 1.807) is 15.6 Å². The van der Waals surface area contributed by atoms with Crippen molar-refractivity contribution in [2.75, 3.05) is 39.4 Å². The van der Waals surface area contributed by atoms with Gasteiger partial charge in [-0.25, -0.2) is 17.3 Å². The Kier molecular flexibility index (Phi) is 5.90. The van der Waals surface area contributed by atoms with Crippen LogP contribution in [0, 0.1) is 5.82 Å². The third-order valence-electron chi connectivity index (χ3n) is 6.45. The van der Waals surface area contributed by atoms with Crippen molar-refractivity contribution in [2.24, 2.45) is 0 Å². The van der Waals surface area contributed by atoms with Crippen molar-refractivity contribution >= 4 is 21.4 Å². The topological polar surface area (TPSA) is 84.2 Å². The Hall–Kier alpha value is -2.82. The Morgan fingerprint density at radius 1 is 1.03 bits per heavy atom. The Morgan fingerprint density at radius 2 is 1.73 bits per heavy atom. The Balaban J connectivity index is 1.32. The molecule has 0 N–H and O–H groups in total. The van der Waals surface area contributed by atoms with Gasteiger partial charge in [0.05, 0.1) is 35.4 Å². The van der Waals surface area contributed by atoms with E-state index in [0.717, 1.165) is 23.2 Å². The number of aromatic nitrogens is 2. The van der Waals surface area contributed by atoms with Crippen LogP contribution in [0.3, 0.4) is 0 Å². The Morgan fingerprint density at radius 3 is 2.42 bits per heavy atom. The predicted molar refractivity (Wildman–Crippen MR) is 119 cm³/mol. The van der Waals surface area contributed by atoms with Gasteiger partial charge in [-0.2, -0.15) is 9.40 Å². The van der Waals surface area contributed by atoms with Crippen LogP contribution in [0.2, 0.25) is 0 Å². The van der Waals surface area contributed by atoms with Crippen molar-refractivity contribution < 1.29 is 22.3 Å². The van der Waals surface area contributed by atoms with E-state index < -0.39 is 15.8 Å². The first-order valence-electron chi connectivity index (χ1n) is 11.0. The van der Waals surface area contributed by atoms with Crippen LogP contribution in [-0.4, -0.2) is 72.5 Å². The molecule has 2 fully saturated rings. The fourth-order valence-electron chi connectivity index (χ4n) is 4.54. The van der Waals surface area contributed by atoms with E-state index in [4.69, 9.17) is 4.74 Å². The smallest absolute Gasteiger partial charge is 0.257 e. The van der Waals surface area contributed by atoms with E-state index >= 15 is 0 Å². The molecule has 33 heavy (non-hydrogen) atoms. The molecule has 0 aliphatic carbocycles. The summed E-state index contributed by atoms with van der Waals surface area (Å²) in [6, 6.07) is 8.91. The third kappa shape index (κ3) is 4.25. The molecule has 10 heteroatoms. The van der Waals surface area contributed by atoms with E-state index in [1.807, 2.05) is 18.3 Å². The SMILES string of the molecule is O=C(c1cnn2ccc(C3CCN(S(=O)(=O)c4ccc(F)cc4)CC3)cc12)N1CCOCC1. The number of halogens is 1. The molecule has 2 aliphatic heterocycles. The van der Waals surface area contributed by atoms with Crippen LogP contribution in [0.1, 0.15) is 34.7 Å². The van der Waals surface area contributed by atoms with Crippen LogP contribution in [0.25, 0.3) is 5.52 Å². The number of morpholine rings is 1. The van der Waals surface area contributed by atoms with Gasteiger partial charge in [0.1, 0.15) is 5.82 Å². The summed E-state index contributed by atoms with van der Waals surface area (Å²) in [5, 5.41) is 4.33. The van der Waals surface area contributed by atoms with E-state index in [2.05, 4.69) is 5.10 Å². The number of piperidine rings is 1. The molecule has 0 radical (unpaired) electrons. The number of sulfonamides is 1. The number of ether oxygens (including phenoxy) is 1. The second-order valence-corrected chi connectivity index (χ2v) is 10.3. The Labute approximate surface area is 191 Å². The molecule has 0 unspecified atom stereocenters. The zero-order valence-corrected chi connectivity index (χ0v) is 18.9. The standard InChI is InChI=1S/C23H25FN4O4S/c24-19-1-3-20(4-2-19)33(30,31)27-8-5-17(6-9-27)18-7-10-28-22(15-18)21(16-25-28)23(29)26-11-13-32-14-12-26/h1-4,7,10,15-17H,5-6,8-9,11-14H2. The number of fused-ring (bicyclic) bond motifs is 1. The minimum atomic E-state index is -3.65. The van der Waals surface area contributed by atoms with Gasteiger partial charge in [-0.1, -0.05) is 0 Å². The number of hydrogen-bond acceptors (Lipinski definition) is 5. The third-order valence-corrected chi connectivity index (χ3v) is 8.36. The largest absolute Gasteiger partial charge is 0.378 e. The molecule has 2 aromatic heterocycles. The first-order chi connectivity index (χ1) is 15.9. The molecular weight excluding hydrogens is 447 g/mol. The first-order valence-corrected chi connectivity index (χ1v) is 12.5. The summed E-state index contributed by atoms with van der Waals surface area (Å²) in [4.78, 5) is 14.9. The highest BCUT2D eigenvalue weighted by atomic mass is 32.2. The summed E-state index contributed by atoms with van der Waals surface area (Å²) in [6.45, 7) is 2.97. The van der Waals surface area contributed by atoms with Gasteiger partial charge >= 0.3 is 0 Å². The molecule has 1 aromatic carbocycles. The number of hydrogen-bond donors (Lipinski definition) is 0. The zero-order chi connectivity index (χ0) is 23.0. The average molecular weight is 473 g/mol. The van der Waals surface area contributed by atoms with Crippen molar-refractivity contribution in [3.05, 3.63) is 65.7 Å². The molecule has 1 amide bonds. The highest BCUT2D eigenvalue weighted by molar-refractivity contribution is 7.89. The molecule has 0 spiro atoms. The molecule has 8 nitrogen and oxygen atoms in total. The van der Waals surface area contributed by atoms with Crippen LogP contribution >= 0.6 is 0 Å². The van der Waals surface area contributed by atoms with Gasteiger partial charge < -0.3 is 9.64 Å². The van der Waals surface area contributed by atoms with Crippen molar-refractivity contribution in [1.82, 2.24) is 18.8 Å². The zero-order valence-electron chi connectivity index (χ0n) is 18.1. The Bertz CT molecular complexity index is 1260. The molecular formula is C23H25FN4O4S. The van der Waals surface area contributed by atoms with Gasteiger partial charge in [-0.3, -0.25) is 4.79 Å². The summed E-state index contributed by atoms with van der Waals surface area (Å²) in [5.74, 6) is -0.337. The van der Waals surface area contributed by atoms with E-state index in [1.165, 1.54) is 16.4 Å².